The molecule has 0 saturated heterocycles. The zero-order valence-corrected chi connectivity index (χ0v) is 14.0. The minimum Gasteiger partial charge on any atom is -0.496 e. The van der Waals surface area contributed by atoms with Crippen LogP contribution in [0.15, 0.2) is 34.1 Å². The van der Waals surface area contributed by atoms with Crippen LogP contribution in [0.5, 0.6) is 5.75 Å². The fourth-order valence-corrected chi connectivity index (χ4v) is 3.36. The number of benzene rings is 1. The van der Waals surface area contributed by atoms with Crippen LogP contribution in [-0.2, 0) is 6.54 Å². The first-order chi connectivity index (χ1) is 9.51. The van der Waals surface area contributed by atoms with Crippen molar-refractivity contribution in [1.29, 1.82) is 0 Å². The second-order valence-electron chi connectivity index (χ2n) is 4.58. The Morgan fingerprint density at radius 3 is 2.70 bits per heavy atom. The number of nitrogens with zero attached hydrogens (tertiary/aromatic N) is 1. The van der Waals surface area contributed by atoms with Gasteiger partial charge < -0.3 is 9.64 Å². The van der Waals surface area contributed by atoms with Crippen molar-refractivity contribution in [2.45, 2.75) is 13.5 Å². The van der Waals surface area contributed by atoms with Crippen molar-refractivity contribution < 1.29 is 9.53 Å². The maximum absolute atomic E-state index is 12.3. The molecular weight excluding hydrogens is 338 g/mol. The predicted octanol–water partition coefficient (Wildman–Crippen LogP) is 4.10. The summed E-state index contributed by atoms with van der Waals surface area (Å²) in [7, 11) is 3.45. The first-order valence-electron chi connectivity index (χ1n) is 6.15. The Balaban J connectivity index is 2.17. The van der Waals surface area contributed by atoms with Crippen LogP contribution in [0, 0.1) is 6.92 Å². The number of aryl methyl sites for hydroxylation is 1. The summed E-state index contributed by atoms with van der Waals surface area (Å²) in [6, 6.07) is 9.71. The molecule has 20 heavy (non-hydrogen) atoms. The van der Waals surface area contributed by atoms with Crippen molar-refractivity contribution in [3.8, 4) is 5.75 Å². The Bertz CT molecular complexity index is 624. The van der Waals surface area contributed by atoms with Crippen molar-refractivity contribution in [2.75, 3.05) is 14.2 Å². The number of methoxy groups -OCH3 is 1. The van der Waals surface area contributed by atoms with E-state index in [1.54, 1.807) is 19.1 Å². The van der Waals surface area contributed by atoms with E-state index in [1.165, 1.54) is 11.3 Å². The Hall–Kier alpha value is -1.33. The molecule has 0 unspecified atom stereocenters. The number of halogens is 1. The molecule has 0 atom stereocenters. The van der Waals surface area contributed by atoms with Crippen LogP contribution in [0.1, 0.15) is 20.8 Å². The summed E-state index contributed by atoms with van der Waals surface area (Å²) in [5.74, 6) is 0.826. The van der Waals surface area contributed by atoms with Gasteiger partial charge in [0.15, 0.2) is 0 Å². The molecule has 0 aliphatic carbocycles. The number of carbonyl (C=O) groups excluding carboxylic acids is 1. The molecule has 0 aliphatic rings. The van der Waals surface area contributed by atoms with E-state index in [2.05, 4.69) is 15.9 Å². The molecule has 0 fully saturated rings. The molecule has 3 nitrogen and oxygen atoms in total. The zero-order valence-electron chi connectivity index (χ0n) is 11.6. The van der Waals surface area contributed by atoms with Gasteiger partial charge in [0.25, 0.3) is 5.91 Å². The lowest BCUT2D eigenvalue weighted by Gasteiger charge is -2.18. The fourth-order valence-electron chi connectivity index (χ4n) is 1.98. The lowest BCUT2D eigenvalue weighted by molar-refractivity contribution is 0.0789. The van der Waals surface area contributed by atoms with E-state index in [0.29, 0.717) is 6.54 Å². The highest BCUT2D eigenvalue weighted by Crippen LogP contribution is 2.25. The van der Waals surface area contributed by atoms with Crippen LogP contribution in [0.3, 0.4) is 0 Å². The lowest BCUT2D eigenvalue weighted by atomic mass is 10.1. The Kier molecular flexibility index (Phi) is 4.83. The third kappa shape index (κ3) is 3.41. The number of thiophene rings is 1. The molecule has 2 aromatic rings. The molecule has 0 bridgehead atoms. The number of hydrogen-bond acceptors (Lipinski definition) is 3. The number of rotatable bonds is 4. The van der Waals surface area contributed by atoms with E-state index in [0.717, 1.165) is 25.5 Å². The molecule has 0 N–H and O–H groups in total. The summed E-state index contributed by atoms with van der Waals surface area (Å²) < 4.78 is 6.31. The van der Waals surface area contributed by atoms with Crippen LogP contribution >= 0.6 is 27.3 Å². The van der Waals surface area contributed by atoms with Gasteiger partial charge >= 0.3 is 0 Å². The molecule has 1 aromatic heterocycles. The van der Waals surface area contributed by atoms with Crippen LogP contribution in [-0.4, -0.2) is 25.0 Å². The van der Waals surface area contributed by atoms with Gasteiger partial charge in [-0.25, -0.2) is 0 Å². The van der Waals surface area contributed by atoms with Crippen LogP contribution in [0.2, 0.25) is 0 Å². The van der Waals surface area contributed by atoms with Crippen molar-refractivity contribution in [2.24, 2.45) is 0 Å². The van der Waals surface area contributed by atoms with Gasteiger partial charge in [0.2, 0.25) is 0 Å². The summed E-state index contributed by atoms with van der Waals surface area (Å²) in [5, 5.41) is 0. The highest BCUT2D eigenvalue weighted by molar-refractivity contribution is 9.11. The highest BCUT2D eigenvalue weighted by Gasteiger charge is 2.15. The topological polar surface area (TPSA) is 29.5 Å². The van der Waals surface area contributed by atoms with E-state index in [4.69, 9.17) is 4.74 Å². The van der Waals surface area contributed by atoms with Gasteiger partial charge in [-0.3, -0.25) is 4.79 Å². The van der Waals surface area contributed by atoms with Crippen molar-refractivity contribution >= 4 is 33.2 Å². The van der Waals surface area contributed by atoms with Crippen molar-refractivity contribution in [1.82, 2.24) is 4.90 Å². The van der Waals surface area contributed by atoms with Gasteiger partial charge in [0.05, 0.1) is 15.8 Å². The van der Waals surface area contributed by atoms with E-state index < -0.39 is 0 Å². The molecule has 0 spiro atoms. The largest absolute Gasteiger partial charge is 0.496 e. The normalized spacial score (nSPS) is 10.4. The fraction of sp³-hybridized carbons (Fsp3) is 0.267. The van der Waals surface area contributed by atoms with Crippen molar-refractivity contribution in [3.63, 3.8) is 0 Å². The second-order valence-corrected chi connectivity index (χ2v) is 7.04. The third-order valence-electron chi connectivity index (χ3n) is 2.97. The molecule has 0 saturated carbocycles. The predicted molar refractivity (Wildman–Crippen MR) is 85.5 cm³/mol. The quantitative estimate of drug-likeness (QED) is 0.827. The molecule has 106 valence electrons. The lowest BCUT2D eigenvalue weighted by Crippen LogP contribution is -2.25. The van der Waals surface area contributed by atoms with Gasteiger partial charge in [-0.2, -0.15) is 0 Å². The monoisotopic (exact) mass is 353 g/mol. The standard InChI is InChI=1S/C15H16BrNO2S/c1-10-4-5-12(19-3)11(8-10)9-17(2)15(18)13-6-7-14(16)20-13/h4-8H,9H2,1-3H3. The van der Waals surface area contributed by atoms with Crippen LogP contribution < -0.4 is 4.74 Å². The number of amides is 1. The molecule has 0 radical (unpaired) electrons. The molecule has 2 rings (SSSR count). The minimum atomic E-state index is 0.0178. The highest BCUT2D eigenvalue weighted by atomic mass is 79.9. The van der Waals surface area contributed by atoms with Gasteiger partial charge in [0.1, 0.15) is 5.75 Å². The average Bonchev–Trinajstić information content (AvgIpc) is 2.84. The molecule has 0 aliphatic heterocycles. The molecule has 1 aromatic carbocycles. The summed E-state index contributed by atoms with van der Waals surface area (Å²) >= 11 is 4.82. The Labute approximate surface area is 131 Å². The van der Waals surface area contributed by atoms with Gasteiger partial charge in [-0.05, 0) is 41.1 Å². The summed E-state index contributed by atoms with van der Waals surface area (Å²) in [6.45, 7) is 2.56. The van der Waals surface area contributed by atoms with Crippen LogP contribution in [0.4, 0.5) is 0 Å². The molecule has 1 heterocycles. The maximum Gasteiger partial charge on any atom is 0.264 e. The van der Waals surface area contributed by atoms with E-state index >= 15 is 0 Å². The second kappa shape index (κ2) is 6.41. The van der Waals surface area contributed by atoms with Gasteiger partial charge in [-0.1, -0.05) is 17.7 Å². The number of ether oxygens (including phenoxy) is 1. The third-order valence-corrected chi connectivity index (χ3v) is 4.59. The van der Waals surface area contributed by atoms with Crippen LogP contribution in [0.25, 0.3) is 0 Å². The molecule has 5 heteroatoms. The minimum absolute atomic E-state index is 0.0178. The van der Waals surface area contributed by atoms with E-state index in [-0.39, 0.29) is 5.91 Å². The van der Waals surface area contributed by atoms with Gasteiger partial charge in [0, 0.05) is 19.2 Å². The average molecular weight is 354 g/mol. The maximum atomic E-state index is 12.3. The smallest absolute Gasteiger partial charge is 0.264 e. The first kappa shape index (κ1) is 15.1. The molecular formula is C15H16BrNO2S. The Morgan fingerprint density at radius 2 is 2.10 bits per heavy atom. The number of hydrogen-bond donors (Lipinski definition) is 0. The first-order valence-corrected chi connectivity index (χ1v) is 7.76. The summed E-state index contributed by atoms with van der Waals surface area (Å²) in [5.41, 5.74) is 2.17. The summed E-state index contributed by atoms with van der Waals surface area (Å²) in [6.07, 6.45) is 0. The van der Waals surface area contributed by atoms with E-state index in [9.17, 15) is 4.79 Å². The van der Waals surface area contributed by atoms with Crippen molar-refractivity contribution in [3.05, 3.63) is 50.1 Å². The molecule has 1 amide bonds. The zero-order chi connectivity index (χ0) is 14.7. The summed E-state index contributed by atoms with van der Waals surface area (Å²) in [4.78, 5) is 14.8. The van der Waals surface area contributed by atoms with E-state index in [1.807, 2.05) is 37.3 Å². The SMILES string of the molecule is COc1ccc(C)cc1CN(C)C(=O)c1ccc(Br)s1. The number of carbonyl (C=O) groups is 1. The Morgan fingerprint density at radius 1 is 1.35 bits per heavy atom. The van der Waals surface area contributed by atoms with Gasteiger partial charge in [-0.15, -0.1) is 11.3 Å².